The van der Waals surface area contributed by atoms with Crippen molar-refractivity contribution in [3.63, 3.8) is 0 Å². The molecule has 14 heteroatoms. The van der Waals surface area contributed by atoms with E-state index in [4.69, 9.17) is 10.00 Å². The Labute approximate surface area is 266 Å². The van der Waals surface area contributed by atoms with Gasteiger partial charge in [-0.25, -0.2) is 9.98 Å². The molecule has 0 aliphatic carbocycles. The van der Waals surface area contributed by atoms with Crippen molar-refractivity contribution in [3.05, 3.63) is 53.6 Å². The number of amidine groups is 1. The van der Waals surface area contributed by atoms with Crippen LogP contribution in [0.3, 0.4) is 0 Å². The Kier molecular flexibility index (Phi) is 10.0. The molecular formula is C32H40F3N9O2. The lowest BCUT2D eigenvalue weighted by Gasteiger charge is -2.37. The molecule has 0 saturated carbocycles. The fraction of sp³-hybridized carbons (Fsp3) is 0.594. The second kappa shape index (κ2) is 14.3. The number of piperidine rings is 1. The Bertz CT molecular complexity index is 1480. The Morgan fingerprint density at radius 1 is 1.17 bits per heavy atom. The molecule has 46 heavy (non-hydrogen) atoms. The van der Waals surface area contributed by atoms with Gasteiger partial charge in [0.15, 0.2) is 0 Å². The molecule has 2 saturated heterocycles. The van der Waals surface area contributed by atoms with Crippen molar-refractivity contribution in [3.8, 4) is 11.9 Å². The molecule has 2 aromatic rings. The highest BCUT2D eigenvalue weighted by Gasteiger charge is 2.35. The summed E-state index contributed by atoms with van der Waals surface area (Å²) < 4.78 is 49.4. The van der Waals surface area contributed by atoms with Gasteiger partial charge in [-0.15, -0.1) is 0 Å². The van der Waals surface area contributed by atoms with Crippen molar-refractivity contribution in [2.24, 2.45) is 15.9 Å². The average molecular weight is 640 g/mol. The first-order valence-electron chi connectivity index (χ1n) is 16.1. The number of nitriles is 1. The molecule has 2 N–H and O–H groups in total. The number of aliphatic imine (C=N–C) groups is 2. The first-order valence-corrected chi connectivity index (χ1v) is 16.1. The Morgan fingerprint density at radius 3 is 2.80 bits per heavy atom. The van der Waals surface area contributed by atoms with Gasteiger partial charge in [0, 0.05) is 56.0 Å². The zero-order chi connectivity index (χ0) is 32.1. The molecule has 6 heterocycles. The number of nitrogens with one attached hydrogen (secondary N) is 1. The van der Waals surface area contributed by atoms with Crippen LogP contribution in [0.15, 0.2) is 46.8 Å². The van der Waals surface area contributed by atoms with E-state index in [0.29, 0.717) is 51.0 Å². The molecule has 4 aliphatic heterocycles. The molecule has 0 aromatic carbocycles. The van der Waals surface area contributed by atoms with Crippen LogP contribution in [0.4, 0.5) is 13.2 Å². The van der Waals surface area contributed by atoms with E-state index in [-0.39, 0.29) is 42.6 Å². The molecule has 2 unspecified atom stereocenters. The van der Waals surface area contributed by atoms with E-state index in [2.05, 4.69) is 42.4 Å². The fourth-order valence-electron chi connectivity index (χ4n) is 6.94. The maximum absolute atomic E-state index is 13.8. The summed E-state index contributed by atoms with van der Waals surface area (Å²) in [6, 6.07) is 4.94. The Balaban J connectivity index is 1.09. The number of pyridine rings is 1. The van der Waals surface area contributed by atoms with E-state index in [0.717, 1.165) is 49.7 Å². The molecule has 2 fully saturated rings. The molecule has 11 nitrogen and oxygen atoms in total. The number of unbranched alkanes of at least 4 members (excludes halogenated alkanes) is 1. The van der Waals surface area contributed by atoms with Gasteiger partial charge in [-0.1, -0.05) is 6.08 Å². The Hall–Kier alpha value is -3.80. The van der Waals surface area contributed by atoms with Crippen LogP contribution in [-0.2, 0) is 19.3 Å². The number of hydrogen-bond acceptors (Lipinski definition) is 10. The van der Waals surface area contributed by atoms with E-state index in [9.17, 15) is 18.3 Å². The van der Waals surface area contributed by atoms with Crippen LogP contribution in [0.5, 0.6) is 5.88 Å². The van der Waals surface area contributed by atoms with Crippen molar-refractivity contribution in [1.82, 2.24) is 29.9 Å². The van der Waals surface area contributed by atoms with Crippen LogP contribution in [-0.4, -0.2) is 86.3 Å². The number of fused-ring (bicyclic) bond motifs is 1. The van der Waals surface area contributed by atoms with E-state index in [1.807, 2.05) is 28.2 Å². The number of alkyl halides is 3. The van der Waals surface area contributed by atoms with Crippen LogP contribution in [0.25, 0.3) is 0 Å². The van der Waals surface area contributed by atoms with Gasteiger partial charge in [-0.3, -0.25) is 19.5 Å². The second-order valence-electron chi connectivity index (χ2n) is 12.5. The summed E-state index contributed by atoms with van der Waals surface area (Å²) in [5.74, 6) is 0.933. The standard InChI is InChI=1S/C32H40F3N9O2/c33-32(34,35)28-14-22(17-43-11-3-5-25(43)20-45)15-29(41-28)46-26-7-12-42(13-8-26)24(4-1-2-9-36)19-44-18-23(16-40-44)30-27-6-10-37-31(27)39-21-38-30/h6,10,14-16,18,21,24-27,30,45H,1-5,7-8,11-13,17,19-20H2,(H,37,38,39)/t24-,25-,27?,30?/m0/s1. The summed E-state index contributed by atoms with van der Waals surface area (Å²) in [5, 5.41) is 26.6. The van der Waals surface area contributed by atoms with Gasteiger partial charge in [0.05, 0.1) is 37.4 Å². The highest BCUT2D eigenvalue weighted by molar-refractivity contribution is 5.96. The first kappa shape index (κ1) is 32.2. The third-order valence-corrected chi connectivity index (χ3v) is 9.36. The number of halogens is 3. The number of rotatable bonds is 12. The lowest BCUT2D eigenvalue weighted by molar-refractivity contribution is -0.141. The third kappa shape index (κ3) is 7.59. The summed E-state index contributed by atoms with van der Waals surface area (Å²) in [7, 11) is 0. The SMILES string of the molecule is N#CCCC[C@@H](Cn1cc(C2N=CN=C3NC=CC32)cn1)N1CCC(Oc2cc(CN3CCC[C@H]3CO)cc(C(F)(F)F)n2)CC1. The molecule has 4 aliphatic rings. The minimum absolute atomic E-state index is 0.0106. The summed E-state index contributed by atoms with van der Waals surface area (Å²) in [5.41, 5.74) is 0.527. The summed E-state index contributed by atoms with van der Waals surface area (Å²) in [4.78, 5) is 17.1. The molecule has 0 radical (unpaired) electrons. The number of hydrogen-bond donors (Lipinski definition) is 2. The maximum atomic E-state index is 13.8. The van der Waals surface area contributed by atoms with Gasteiger partial charge >= 0.3 is 6.18 Å². The number of ether oxygens (including phenoxy) is 1. The lowest BCUT2D eigenvalue weighted by Crippen LogP contribution is -2.46. The normalized spacial score (nSPS) is 24.4. The molecule has 246 valence electrons. The minimum atomic E-state index is -4.59. The second-order valence-corrected chi connectivity index (χ2v) is 12.5. The number of aliphatic hydroxyl groups is 1. The maximum Gasteiger partial charge on any atom is 0.433 e. The average Bonchev–Trinajstić information content (AvgIpc) is 3.82. The topological polar surface area (TPSA) is 127 Å². The number of aliphatic hydroxyl groups excluding tert-OH is 1. The van der Waals surface area contributed by atoms with Gasteiger partial charge in [0.1, 0.15) is 24.0 Å². The van der Waals surface area contributed by atoms with Crippen LogP contribution in [0, 0.1) is 17.2 Å². The van der Waals surface area contributed by atoms with E-state index >= 15 is 0 Å². The fourth-order valence-corrected chi connectivity index (χ4v) is 6.94. The third-order valence-electron chi connectivity index (χ3n) is 9.36. The summed E-state index contributed by atoms with van der Waals surface area (Å²) >= 11 is 0. The predicted octanol–water partition coefficient (Wildman–Crippen LogP) is 4.07. The number of likely N-dealkylation sites (tertiary alicyclic amines) is 2. The molecule has 0 bridgehead atoms. The van der Waals surface area contributed by atoms with Gasteiger partial charge in [-0.05, 0) is 62.9 Å². The quantitative estimate of drug-likeness (QED) is 0.333. The number of aromatic nitrogens is 3. The van der Waals surface area contributed by atoms with Gasteiger partial charge in [0.25, 0.3) is 0 Å². The van der Waals surface area contributed by atoms with Crippen LogP contribution in [0.2, 0.25) is 0 Å². The Morgan fingerprint density at radius 2 is 2.02 bits per heavy atom. The van der Waals surface area contributed by atoms with Crippen molar-refractivity contribution >= 4 is 12.2 Å². The van der Waals surface area contributed by atoms with Crippen LogP contribution >= 0.6 is 0 Å². The van der Waals surface area contributed by atoms with Crippen molar-refractivity contribution in [2.45, 2.75) is 88.4 Å². The molecule has 0 amide bonds. The zero-order valence-electron chi connectivity index (χ0n) is 25.7. The minimum Gasteiger partial charge on any atom is -0.474 e. The van der Waals surface area contributed by atoms with Crippen molar-refractivity contribution < 1.29 is 23.0 Å². The summed E-state index contributed by atoms with van der Waals surface area (Å²) in [6.07, 6.45) is 9.65. The smallest absolute Gasteiger partial charge is 0.433 e. The van der Waals surface area contributed by atoms with Crippen molar-refractivity contribution in [2.75, 3.05) is 26.2 Å². The molecule has 6 rings (SSSR count). The zero-order valence-corrected chi connectivity index (χ0v) is 25.7. The first-order chi connectivity index (χ1) is 22.3. The highest BCUT2D eigenvalue weighted by atomic mass is 19.4. The van der Waals surface area contributed by atoms with Crippen molar-refractivity contribution in [1.29, 1.82) is 5.26 Å². The van der Waals surface area contributed by atoms with E-state index < -0.39 is 11.9 Å². The lowest BCUT2D eigenvalue weighted by atomic mass is 9.95. The number of nitrogens with zero attached hydrogens (tertiary/aromatic N) is 8. The van der Waals surface area contributed by atoms with Gasteiger partial charge < -0.3 is 15.2 Å². The molecule has 2 aromatic heterocycles. The van der Waals surface area contributed by atoms with Gasteiger partial charge in [-0.2, -0.15) is 23.5 Å². The van der Waals surface area contributed by atoms with Gasteiger partial charge in [0.2, 0.25) is 5.88 Å². The van der Waals surface area contributed by atoms with Crippen LogP contribution < -0.4 is 10.1 Å². The monoisotopic (exact) mass is 639 g/mol. The predicted molar refractivity (Wildman–Crippen MR) is 165 cm³/mol. The molecular weight excluding hydrogens is 599 g/mol. The van der Waals surface area contributed by atoms with E-state index in [1.54, 1.807) is 12.4 Å². The van der Waals surface area contributed by atoms with E-state index in [1.165, 1.54) is 0 Å². The highest BCUT2D eigenvalue weighted by Crippen LogP contribution is 2.33. The molecule has 0 spiro atoms. The molecule has 4 atom stereocenters. The largest absolute Gasteiger partial charge is 0.474 e. The van der Waals surface area contributed by atoms with Crippen LogP contribution in [0.1, 0.15) is 67.8 Å². The summed E-state index contributed by atoms with van der Waals surface area (Å²) in [6.45, 7) is 3.09.